The summed E-state index contributed by atoms with van der Waals surface area (Å²) >= 11 is 3.35. The van der Waals surface area contributed by atoms with Gasteiger partial charge in [0.15, 0.2) is 0 Å². The van der Waals surface area contributed by atoms with Gasteiger partial charge in [0.1, 0.15) is 0 Å². The molecule has 0 radical (unpaired) electrons. The molecule has 0 saturated heterocycles. The zero-order valence-corrected chi connectivity index (χ0v) is 15.6. The molecule has 0 spiro atoms. The van der Waals surface area contributed by atoms with Crippen molar-refractivity contribution in [2.75, 3.05) is 0 Å². The molecule has 1 fully saturated rings. The van der Waals surface area contributed by atoms with Gasteiger partial charge >= 0.3 is 29.6 Å². The summed E-state index contributed by atoms with van der Waals surface area (Å²) < 4.78 is 25.3. The summed E-state index contributed by atoms with van der Waals surface area (Å²) in [5.74, 6) is 0.0718. The number of benzene rings is 1. The second kappa shape index (κ2) is 10.7. The third-order valence-corrected chi connectivity index (χ3v) is 2.98. The summed E-state index contributed by atoms with van der Waals surface area (Å²) in [5.41, 5.74) is 0.767. The molecular weight excluding hydrogens is 321 g/mol. The van der Waals surface area contributed by atoms with Crippen molar-refractivity contribution in [1.82, 2.24) is 5.32 Å². The number of rotatable bonds is 2. The molecule has 1 aromatic carbocycles. The molecule has 1 aliphatic rings. The van der Waals surface area contributed by atoms with Gasteiger partial charge in [0.05, 0.1) is 9.05 Å². The largest absolute Gasteiger partial charge is 1.00 e. The van der Waals surface area contributed by atoms with Crippen molar-refractivity contribution in [1.29, 1.82) is 0 Å². The summed E-state index contributed by atoms with van der Waals surface area (Å²) in [6, 6.07) is 9.84. The van der Waals surface area contributed by atoms with Crippen LogP contribution in [0.2, 0.25) is 0 Å². The monoisotopic (exact) mass is 339 g/mol. The SMILES string of the molecule is O=C(NC1CCCCC1)c1ccccc1.O=S([O-])(O)=S.[Na+]. The van der Waals surface area contributed by atoms with Gasteiger partial charge in [0, 0.05) is 11.6 Å². The van der Waals surface area contributed by atoms with Crippen molar-refractivity contribution in [3.05, 3.63) is 35.9 Å². The van der Waals surface area contributed by atoms with Crippen LogP contribution in [0.3, 0.4) is 0 Å². The molecule has 1 aromatic rings. The first kappa shape index (κ1) is 21.0. The van der Waals surface area contributed by atoms with Crippen LogP contribution in [0.1, 0.15) is 42.5 Å². The number of hydrogen-bond acceptors (Lipinski definition) is 4. The molecule has 112 valence electrons. The average Bonchev–Trinajstić information content (AvgIpc) is 2.39. The average molecular weight is 339 g/mol. The number of hydrogen-bond donors (Lipinski definition) is 2. The molecule has 1 aliphatic carbocycles. The van der Waals surface area contributed by atoms with Gasteiger partial charge in [-0.15, -0.1) is 0 Å². The molecule has 0 heterocycles. The van der Waals surface area contributed by atoms with E-state index in [1.54, 1.807) is 0 Å². The second-order valence-electron chi connectivity index (χ2n) is 4.60. The van der Waals surface area contributed by atoms with E-state index in [1.807, 2.05) is 30.3 Å². The Hall–Kier alpha value is -0.0200. The first-order valence-corrected chi connectivity index (χ1v) is 8.77. The van der Waals surface area contributed by atoms with Crippen LogP contribution < -0.4 is 34.9 Å². The molecule has 0 aromatic heterocycles. The Balaban J connectivity index is 0.000000583. The van der Waals surface area contributed by atoms with E-state index in [0.29, 0.717) is 6.04 Å². The van der Waals surface area contributed by atoms with Gasteiger partial charge in [0.25, 0.3) is 5.91 Å². The van der Waals surface area contributed by atoms with E-state index in [9.17, 15) is 4.79 Å². The van der Waals surface area contributed by atoms with Crippen LogP contribution in [-0.4, -0.2) is 25.3 Å². The van der Waals surface area contributed by atoms with Crippen molar-refractivity contribution in [2.45, 2.75) is 38.1 Å². The topological polar surface area (TPSA) is 89.5 Å². The van der Waals surface area contributed by atoms with Crippen LogP contribution in [0.25, 0.3) is 0 Å². The second-order valence-corrected chi connectivity index (χ2v) is 6.72. The van der Waals surface area contributed by atoms with Crippen molar-refractivity contribution in [3.8, 4) is 0 Å². The fourth-order valence-electron chi connectivity index (χ4n) is 2.11. The van der Waals surface area contributed by atoms with Crippen molar-refractivity contribution >= 4 is 26.1 Å². The Morgan fingerprint density at radius 3 is 2.19 bits per heavy atom. The predicted octanol–water partition coefficient (Wildman–Crippen LogP) is -0.911. The molecule has 1 unspecified atom stereocenters. The number of amides is 1. The molecule has 8 heteroatoms. The van der Waals surface area contributed by atoms with E-state index in [-0.39, 0.29) is 35.5 Å². The fraction of sp³-hybridized carbons (Fsp3) is 0.462. The maximum absolute atomic E-state index is 11.8. The van der Waals surface area contributed by atoms with Gasteiger partial charge in [-0.2, -0.15) is 0 Å². The van der Waals surface area contributed by atoms with Crippen LogP contribution in [-0.2, 0) is 20.2 Å². The van der Waals surface area contributed by atoms with Crippen LogP contribution in [0, 0.1) is 0 Å². The first-order chi connectivity index (χ1) is 9.36. The summed E-state index contributed by atoms with van der Waals surface area (Å²) in [7, 11) is -4.08. The molecule has 0 bridgehead atoms. The summed E-state index contributed by atoms with van der Waals surface area (Å²) in [5, 5.41) is 3.10. The molecule has 1 saturated carbocycles. The van der Waals surface area contributed by atoms with E-state index in [4.69, 9.17) is 13.3 Å². The minimum Gasteiger partial charge on any atom is -0.748 e. The van der Waals surface area contributed by atoms with E-state index in [2.05, 4.69) is 16.5 Å². The quantitative estimate of drug-likeness (QED) is 0.681. The number of nitrogens with one attached hydrogen (secondary N) is 1. The Morgan fingerprint density at radius 2 is 1.71 bits per heavy atom. The minimum absolute atomic E-state index is 0. The first-order valence-electron chi connectivity index (χ1n) is 6.40. The fourth-order valence-corrected chi connectivity index (χ4v) is 2.11. The van der Waals surface area contributed by atoms with Crippen LogP contribution in [0.4, 0.5) is 0 Å². The summed E-state index contributed by atoms with van der Waals surface area (Å²) in [6.07, 6.45) is 6.09. The molecule has 1 amide bonds. The van der Waals surface area contributed by atoms with Crippen molar-refractivity contribution in [3.63, 3.8) is 0 Å². The molecule has 21 heavy (non-hydrogen) atoms. The summed E-state index contributed by atoms with van der Waals surface area (Å²) in [4.78, 5) is 11.8. The maximum Gasteiger partial charge on any atom is 1.00 e. The molecule has 2 N–H and O–H groups in total. The maximum atomic E-state index is 11.8. The van der Waals surface area contributed by atoms with Gasteiger partial charge in [-0.3, -0.25) is 4.79 Å². The molecule has 0 aliphatic heterocycles. The van der Waals surface area contributed by atoms with Gasteiger partial charge in [-0.25, -0.2) is 4.21 Å². The van der Waals surface area contributed by atoms with E-state index in [0.717, 1.165) is 18.4 Å². The number of carbonyl (C=O) groups is 1. The Kier molecular flexibility index (Phi) is 10.7. The van der Waals surface area contributed by atoms with E-state index >= 15 is 0 Å². The third-order valence-electron chi connectivity index (χ3n) is 2.98. The minimum atomic E-state index is -4.08. The van der Waals surface area contributed by atoms with Crippen LogP contribution >= 0.6 is 0 Å². The van der Waals surface area contributed by atoms with Gasteiger partial charge in [-0.05, 0) is 36.2 Å². The molecule has 2 rings (SSSR count). The van der Waals surface area contributed by atoms with Crippen LogP contribution in [0.15, 0.2) is 30.3 Å². The zero-order valence-electron chi connectivity index (χ0n) is 12.0. The van der Waals surface area contributed by atoms with Gasteiger partial charge in [-0.1, -0.05) is 37.5 Å². The normalized spacial score (nSPS) is 17.4. The third kappa shape index (κ3) is 11.2. The Morgan fingerprint density at radius 1 is 1.24 bits per heavy atom. The molecular formula is C13H18NNaO4S2. The molecule has 1 atom stereocenters. The van der Waals surface area contributed by atoms with E-state index < -0.39 is 9.05 Å². The molecule has 5 nitrogen and oxygen atoms in total. The van der Waals surface area contributed by atoms with Gasteiger partial charge < -0.3 is 14.4 Å². The van der Waals surface area contributed by atoms with Crippen LogP contribution in [0.5, 0.6) is 0 Å². The Bertz CT molecular complexity index is 508. The zero-order chi connectivity index (χ0) is 15.0. The van der Waals surface area contributed by atoms with Crippen molar-refractivity contribution in [2.24, 2.45) is 0 Å². The Labute approximate surface area is 152 Å². The smallest absolute Gasteiger partial charge is 0.748 e. The predicted molar refractivity (Wildman–Crippen MR) is 79.7 cm³/mol. The number of carbonyl (C=O) groups excluding carboxylic acids is 1. The van der Waals surface area contributed by atoms with Crippen molar-refractivity contribution < 1.29 is 47.7 Å². The van der Waals surface area contributed by atoms with E-state index in [1.165, 1.54) is 19.3 Å². The standard InChI is InChI=1S/C13H17NO.Na.H2O3S2/c15-13(11-7-3-1-4-8-11)14-12-9-5-2-6-10-12;;1-5(2,3)4/h1,3-4,7-8,12H,2,5-6,9-10H2,(H,14,15);;(H2,1,2,3,4)/q;+1;/p-1. The summed E-state index contributed by atoms with van der Waals surface area (Å²) in [6.45, 7) is 0. The van der Waals surface area contributed by atoms with Gasteiger partial charge in [0.2, 0.25) is 0 Å².